The zero-order chi connectivity index (χ0) is 16.4. The lowest BCUT2D eigenvalue weighted by atomic mass is 9.88. The molecule has 1 heterocycles. The van der Waals surface area contributed by atoms with Gasteiger partial charge in [0.15, 0.2) is 11.7 Å². The molecule has 1 saturated heterocycles. The Morgan fingerprint density at radius 2 is 1.42 bits per heavy atom. The van der Waals surface area contributed by atoms with E-state index in [9.17, 15) is 4.79 Å². The molecule has 1 aliphatic carbocycles. The average molecular weight is 322 g/mol. The van der Waals surface area contributed by atoms with Crippen molar-refractivity contribution in [2.75, 3.05) is 0 Å². The maximum absolute atomic E-state index is 12.7. The fourth-order valence-corrected chi connectivity index (χ4v) is 3.75. The Labute approximate surface area is 142 Å². The number of esters is 1. The van der Waals surface area contributed by atoms with Crippen LogP contribution in [0.3, 0.4) is 0 Å². The van der Waals surface area contributed by atoms with Crippen molar-refractivity contribution < 1.29 is 14.3 Å². The van der Waals surface area contributed by atoms with E-state index in [1.807, 2.05) is 60.7 Å². The van der Waals surface area contributed by atoms with Crippen LogP contribution in [-0.2, 0) is 19.9 Å². The summed E-state index contributed by atoms with van der Waals surface area (Å²) in [5.41, 5.74) is 1.30. The molecule has 2 fully saturated rings. The van der Waals surface area contributed by atoms with Gasteiger partial charge in [-0.1, -0.05) is 67.1 Å². The second-order valence-electron chi connectivity index (χ2n) is 6.66. The molecule has 0 N–H and O–H groups in total. The van der Waals surface area contributed by atoms with Crippen molar-refractivity contribution in [1.82, 2.24) is 0 Å². The van der Waals surface area contributed by atoms with Gasteiger partial charge in [-0.05, 0) is 36.8 Å². The lowest BCUT2D eigenvalue weighted by Gasteiger charge is -2.22. The molecule has 3 nitrogen and oxygen atoms in total. The summed E-state index contributed by atoms with van der Waals surface area (Å²) in [6.07, 6.45) is 4.98. The Hall–Kier alpha value is -2.13. The van der Waals surface area contributed by atoms with Gasteiger partial charge in [0.1, 0.15) is 6.10 Å². The molecule has 1 atom stereocenters. The SMILES string of the molecule is O=C(OC1CCCCC1)C1OC1(c1ccccc1)c1ccccc1. The minimum Gasteiger partial charge on any atom is -0.460 e. The molecule has 24 heavy (non-hydrogen) atoms. The number of ether oxygens (including phenoxy) is 2. The van der Waals surface area contributed by atoms with Gasteiger partial charge in [0.05, 0.1) is 0 Å². The lowest BCUT2D eigenvalue weighted by molar-refractivity contribution is -0.152. The van der Waals surface area contributed by atoms with E-state index in [4.69, 9.17) is 9.47 Å². The molecule has 2 aromatic rings. The van der Waals surface area contributed by atoms with Crippen LogP contribution in [0.15, 0.2) is 60.7 Å². The first-order chi connectivity index (χ1) is 11.8. The molecule has 0 bridgehead atoms. The molecule has 3 heteroatoms. The molecule has 0 amide bonds. The van der Waals surface area contributed by atoms with Crippen LogP contribution in [0.1, 0.15) is 43.2 Å². The summed E-state index contributed by atoms with van der Waals surface area (Å²) >= 11 is 0. The Morgan fingerprint density at radius 3 is 1.96 bits per heavy atom. The number of carbonyl (C=O) groups excluding carboxylic acids is 1. The van der Waals surface area contributed by atoms with Gasteiger partial charge in [-0.15, -0.1) is 0 Å². The molecule has 2 aliphatic rings. The summed E-state index contributed by atoms with van der Waals surface area (Å²) in [5, 5.41) is 0. The fraction of sp³-hybridized carbons (Fsp3) is 0.381. The first kappa shape index (κ1) is 15.4. The molecular weight excluding hydrogens is 300 g/mol. The first-order valence-corrected chi connectivity index (χ1v) is 8.80. The Morgan fingerprint density at radius 1 is 0.875 bits per heavy atom. The van der Waals surface area contributed by atoms with Gasteiger partial charge < -0.3 is 9.47 Å². The number of carbonyl (C=O) groups is 1. The Balaban J connectivity index is 1.59. The van der Waals surface area contributed by atoms with Gasteiger partial charge in [0.2, 0.25) is 0 Å². The minimum absolute atomic E-state index is 0.0553. The molecule has 1 aliphatic heterocycles. The van der Waals surface area contributed by atoms with Gasteiger partial charge >= 0.3 is 5.97 Å². The van der Waals surface area contributed by atoms with Crippen molar-refractivity contribution in [2.45, 2.75) is 49.9 Å². The predicted octanol–water partition coefficient (Wildman–Crippen LogP) is 4.20. The molecule has 0 radical (unpaired) electrons. The number of hydrogen-bond donors (Lipinski definition) is 0. The van der Waals surface area contributed by atoms with Gasteiger partial charge in [0, 0.05) is 0 Å². The van der Waals surface area contributed by atoms with E-state index in [1.54, 1.807) is 0 Å². The number of rotatable bonds is 4. The fourth-order valence-electron chi connectivity index (χ4n) is 3.75. The van der Waals surface area contributed by atoms with Crippen molar-refractivity contribution in [2.24, 2.45) is 0 Å². The van der Waals surface area contributed by atoms with E-state index in [-0.39, 0.29) is 12.1 Å². The lowest BCUT2D eigenvalue weighted by Crippen LogP contribution is -2.27. The van der Waals surface area contributed by atoms with E-state index < -0.39 is 11.7 Å². The summed E-state index contributed by atoms with van der Waals surface area (Å²) in [7, 11) is 0. The summed E-state index contributed by atoms with van der Waals surface area (Å²) < 4.78 is 11.8. The van der Waals surface area contributed by atoms with Crippen LogP contribution in [0, 0.1) is 0 Å². The highest BCUT2D eigenvalue weighted by molar-refractivity contribution is 5.81. The molecule has 1 saturated carbocycles. The van der Waals surface area contributed by atoms with E-state index in [0.29, 0.717) is 0 Å². The minimum atomic E-state index is -0.700. The van der Waals surface area contributed by atoms with Gasteiger partial charge in [0.25, 0.3) is 0 Å². The molecule has 4 rings (SSSR count). The van der Waals surface area contributed by atoms with Crippen LogP contribution in [0.2, 0.25) is 0 Å². The van der Waals surface area contributed by atoms with E-state index in [2.05, 4.69) is 0 Å². The van der Waals surface area contributed by atoms with Crippen LogP contribution in [0.4, 0.5) is 0 Å². The van der Waals surface area contributed by atoms with E-state index in [0.717, 1.165) is 36.8 Å². The molecule has 2 aromatic carbocycles. The predicted molar refractivity (Wildman–Crippen MR) is 91.5 cm³/mol. The normalized spacial score (nSPS) is 22.8. The maximum Gasteiger partial charge on any atom is 0.339 e. The standard InChI is InChI=1S/C21H22O3/c22-20(23-18-14-8-3-9-15-18)19-21(24-19,16-10-4-1-5-11-16)17-12-6-2-7-13-17/h1-2,4-7,10-13,18-19H,3,8-9,14-15H2. The monoisotopic (exact) mass is 322 g/mol. The Kier molecular flexibility index (Phi) is 4.11. The summed E-state index contributed by atoms with van der Waals surface area (Å²) in [5.74, 6) is -0.227. The third-order valence-electron chi connectivity index (χ3n) is 5.07. The zero-order valence-electron chi connectivity index (χ0n) is 13.7. The maximum atomic E-state index is 12.7. The third-order valence-corrected chi connectivity index (χ3v) is 5.07. The van der Waals surface area contributed by atoms with Gasteiger partial charge in [-0.25, -0.2) is 4.79 Å². The van der Waals surface area contributed by atoms with Crippen LogP contribution < -0.4 is 0 Å². The molecule has 124 valence electrons. The summed E-state index contributed by atoms with van der Waals surface area (Å²) in [6.45, 7) is 0. The Bertz CT molecular complexity index is 650. The average Bonchev–Trinajstić information content (AvgIpc) is 3.41. The van der Waals surface area contributed by atoms with Gasteiger partial charge in [-0.3, -0.25) is 0 Å². The second-order valence-corrected chi connectivity index (χ2v) is 6.66. The van der Waals surface area contributed by atoms with Crippen molar-refractivity contribution in [3.63, 3.8) is 0 Å². The number of benzene rings is 2. The molecule has 1 unspecified atom stereocenters. The molecular formula is C21H22O3. The van der Waals surface area contributed by atoms with Crippen molar-refractivity contribution in [3.05, 3.63) is 71.8 Å². The quantitative estimate of drug-likeness (QED) is 0.625. The summed E-state index contributed by atoms with van der Waals surface area (Å²) in [6, 6.07) is 19.9. The first-order valence-electron chi connectivity index (χ1n) is 8.80. The van der Waals surface area contributed by atoms with E-state index >= 15 is 0 Å². The highest BCUT2D eigenvalue weighted by Crippen LogP contribution is 2.52. The number of hydrogen-bond acceptors (Lipinski definition) is 3. The highest BCUT2D eigenvalue weighted by atomic mass is 16.7. The van der Waals surface area contributed by atoms with Crippen LogP contribution >= 0.6 is 0 Å². The van der Waals surface area contributed by atoms with Crippen LogP contribution in [0.5, 0.6) is 0 Å². The van der Waals surface area contributed by atoms with Gasteiger partial charge in [-0.2, -0.15) is 0 Å². The van der Waals surface area contributed by atoms with Crippen LogP contribution in [0.25, 0.3) is 0 Å². The van der Waals surface area contributed by atoms with Crippen molar-refractivity contribution in [3.8, 4) is 0 Å². The largest absolute Gasteiger partial charge is 0.460 e. The second kappa shape index (κ2) is 6.40. The molecule has 0 aromatic heterocycles. The van der Waals surface area contributed by atoms with E-state index in [1.165, 1.54) is 6.42 Å². The highest BCUT2D eigenvalue weighted by Gasteiger charge is 2.64. The zero-order valence-corrected chi connectivity index (χ0v) is 13.7. The molecule has 0 spiro atoms. The smallest absolute Gasteiger partial charge is 0.339 e. The summed E-state index contributed by atoms with van der Waals surface area (Å²) in [4.78, 5) is 12.7. The third kappa shape index (κ3) is 2.73. The van der Waals surface area contributed by atoms with Crippen molar-refractivity contribution >= 4 is 5.97 Å². The van der Waals surface area contributed by atoms with Crippen LogP contribution in [-0.4, -0.2) is 18.2 Å². The number of epoxide rings is 1. The topological polar surface area (TPSA) is 38.8 Å². The van der Waals surface area contributed by atoms with Crippen molar-refractivity contribution in [1.29, 1.82) is 0 Å².